The monoisotopic (exact) mass is 235 g/mol. The van der Waals surface area contributed by atoms with E-state index in [1.165, 1.54) is 5.70 Å². The molecular weight excluding hydrogens is 210 g/mol. The zero-order valence-corrected chi connectivity index (χ0v) is 12.0. The predicted molar refractivity (Wildman–Crippen MR) is 74.8 cm³/mol. The molecule has 1 aromatic rings. The van der Waals surface area contributed by atoms with Crippen LogP contribution in [-0.4, -0.2) is 14.8 Å². The summed E-state index contributed by atoms with van der Waals surface area (Å²) in [6.07, 6.45) is 8.80. The van der Waals surface area contributed by atoms with Crippen molar-refractivity contribution in [2.75, 3.05) is 0 Å². The maximum absolute atomic E-state index is 4.03. The van der Waals surface area contributed by atoms with Crippen molar-refractivity contribution in [3.8, 4) is 0 Å². The number of aryl methyl sites for hydroxylation is 2. The fourth-order valence-corrected chi connectivity index (χ4v) is 1.61. The summed E-state index contributed by atoms with van der Waals surface area (Å²) < 4.78 is 2.08. The van der Waals surface area contributed by atoms with Crippen LogP contribution in [-0.2, 0) is 0 Å². The van der Waals surface area contributed by atoms with E-state index < -0.39 is 0 Å². The van der Waals surface area contributed by atoms with Crippen LogP contribution in [0, 0.1) is 13.8 Å². The highest BCUT2D eigenvalue weighted by molar-refractivity contribution is 5.59. The molecule has 0 atom stereocenters. The minimum atomic E-state index is 0.954. The molecule has 0 aliphatic heterocycles. The first kappa shape index (κ1) is 15.6. The Morgan fingerprint density at radius 2 is 1.47 bits per heavy atom. The Bertz CT molecular complexity index is 353. The summed E-state index contributed by atoms with van der Waals surface area (Å²) in [5, 5.41) is 8.06. The minimum Gasteiger partial charge on any atom is -0.284 e. The van der Waals surface area contributed by atoms with Gasteiger partial charge in [-0.3, -0.25) is 4.57 Å². The third-order valence-corrected chi connectivity index (χ3v) is 2.22. The van der Waals surface area contributed by atoms with Crippen LogP contribution < -0.4 is 0 Å². The van der Waals surface area contributed by atoms with Gasteiger partial charge in [-0.2, -0.15) is 0 Å². The van der Waals surface area contributed by atoms with Gasteiger partial charge in [0.2, 0.25) is 0 Å². The van der Waals surface area contributed by atoms with Crippen molar-refractivity contribution in [3.05, 3.63) is 29.9 Å². The van der Waals surface area contributed by atoms with E-state index in [4.69, 9.17) is 0 Å². The average molecular weight is 235 g/mol. The second kappa shape index (κ2) is 8.74. The van der Waals surface area contributed by atoms with Gasteiger partial charge in [0.15, 0.2) is 0 Å². The summed E-state index contributed by atoms with van der Waals surface area (Å²) in [5.74, 6) is 1.91. The zero-order chi connectivity index (χ0) is 13.3. The molecule has 0 fully saturated rings. The summed E-state index contributed by atoms with van der Waals surface area (Å²) in [6.45, 7) is 12.0. The molecule has 0 radical (unpaired) electrons. The maximum atomic E-state index is 4.03. The Morgan fingerprint density at radius 1 is 0.941 bits per heavy atom. The van der Waals surface area contributed by atoms with Crippen molar-refractivity contribution < 1.29 is 0 Å². The smallest absolute Gasteiger partial charge is 0.134 e. The molecule has 0 amide bonds. The Labute approximate surface area is 105 Å². The van der Waals surface area contributed by atoms with Gasteiger partial charge in [-0.15, -0.1) is 10.2 Å². The third kappa shape index (κ3) is 4.17. The molecule has 1 aliphatic carbocycles. The first-order valence-electron chi connectivity index (χ1n) is 6.55. The normalized spacial score (nSPS) is 12.9. The number of hydrogen-bond donors (Lipinski definition) is 0. The van der Waals surface area contributed by atoms with Gasteiger partial charge in [0.05, 0.1) is 0 Å². The molecule has 0 unspecified atom stereocenters. The lowest BCUT2D eigenvalue weighted by atomic mass is 10.1. The first-order valence-corrected chi connectivity index (χ1v) is 6.55. The lowest BCUT2D eigenvalue weighted by Gasteiger charge is -2.10. The highest BCUT2D eigenvalue weighted by Crippen LogP contribution is 2.17. The summed E-state index contributed by atoms with van der Waals surface area (Å²) in [4.78, 5) is 0. The van der Waals surface area contributed by atoms with Gasteiger partial charge in [-0.05, 0) is 32.8 Å². The van der Waals surface area contributed by atoms with Crippen LogP contribution in [0.25, 0.3) is 5.70 Å². The number of hydrogen-bond acceptors (Lipinski definition) is 2. The number of rotatable bonds is 1. The van der Waals surface area contributed by atoms with Crippen molar-refractivity contribution in [2.45, 2.75) is 54.4 Å². The Kier molecular flexibility index (Phi) is 8.03. The van der Waals surface area contributed by atoms with Crippen LogP contribution in [0.15, 0.2) is 18.2 Å². The first-order chi connectivity index (χ1) is 8.29. The fraction of sp³-hybridized carbons (Fsp3) is 0.571. The molecule has 0 aromatic carbocycles. The predicted octanol–water partition coefficient (Wildman–Crippen LogP) is 4.14. The van der Waals surface area contributed by atoms with E-state index in [-0.39, 0.29) is 0 Å². The number of nitrogens with zero attached hydrogens (tertiary/aromatic N) is 3. The van der Waals surface area contributed by atoms with Crippen LogP contribution in [0.1, 0.15) is 52.2 Å². The van der Waals surface area contributed by atoms with E-state index in [0.717, 1.165) is 24.5 Å². The number of allylic oxidation sites excluding steroid dienone is 4. The summed E-state index contributed by atoms with van der Waals surface area (Å²) in [7, 11) is 0. The maximum Gasteiger partial charge on any atom is 0.134 e. The van der Waals surface area contributed by atoms with Crippen LogP contribution >= 0.6 is 0 Å². The van der Waals surface area contributed by atoms with Crippen molar-refractivity contribution in [2.24, 2.45) is 0 Å². The van der Waals surface area contributed by atoms with Gasteiger partial charge >= 0.3 is 0 Å². The van der Waals surface area contributed by atoms with E-state index in [0.29, 0.717) is 0 Å². The van der Waals surface area contributed by atoms with Crippen LogP contribution in [0.4, 0.5) is 0 Å². The highest BCUT2D eigenvalue weighted by atomic mass is 15.3. The van der Waals surface area contributed by atoms with Crippen LogP contribution in [0.5, 0.6) is 0 Å². The molecule has 0 saturated heterocycles. The Morgan fingerprint density at radius 3 is 1.88 bits per heavy atom. The summed E-state index contributed by atoms with van der Waals surface area (Å²) >= 11 is 0. The van der Waals surface area contributed by atoms with E-state index in [2.05, 4.69) is 33.0 Å². The molecule has 1 aromatic heterocycles. The van der Waals surface area contributed by atoms with Gasteiger partial charge in [-0.1, -0.05) is 39.8 Å². The quantitative estimate of drug-likeness (QED) is 0.732. The molecule has 0 spiro atoms. The van der Waals surface area contributed by atoms with Crippen LogP contribution in [0.2, 0.25) is 0 Å². The molecule has 2 rings (SSSR count). The highest BCUT2D eigenvalue weighted by Gasteiger charge is 2.07. The number of aromatic nitrogens is 3. The van der Waals surface area contributed by atoms with Crippen molar-refractivity contribution in [3.63, 3.8) is 0 Å². The van der Waals surface area contributed by atoms with Gasteiger partial charge in [-0.25, -0.2) is 0 Å². The molecule has 1 heterocycles. The molecule has 3 heteroatoms. The van der Waals surface area contributed by atoms with Crippen molar-refractivity contribution >= 4 is 5.70 Å². The zero-order valence-electron chi connectivity index (χ0n) is 12.0. The SMILES string of the molecule is CC.CC.Cc1nnc(C)n1C1=CCCC=C1. The lowest BCUT2D eigenvalue weighted by Crippen LogP contribution is -2.01. The van der Waals surface area contributed by atoms with Gasteiger partial charge < -0.3 is 0 Å². The molecule has 0 saturated carbocycles. The van der Waals surface area contributed by atoms with Gasteiger partial charge in [0.1, 0.15) is 11.6 Å². The molecule has 0 N–H and O–H groups in total. The molecule has 0 bridgehead atoms. The second-order valence-electron chi connectivity index (χ2n) is 3.24. The third-order valence-electron chi connectivity index (χ3n) is 2.22. The average Bonchev–Trinajstić information content (AvgIpc) is 2.75. The van der Waals surface area contributed by atoms with Gasteiger partial charge in [0, 0.05) is 5.70 Å². The largest absolute Gasteiger partial charge is 0.284 e. The van der Waals surface area contributed by atoms with Gasteiger partial charge in [0.25, 0.3) is 0 Å². The fourth-order valence-electron chi connectivity index (χ4n) is 1.61. The van der Waals surface area contributed by atoms with Crippen molar-refractivity contribution in [1.29, 1.82) is 0 Å². The molecular formula is C14H25N3. The Hall–Kier alpha value is -1.38. The summed E-state index contributed by atoms with van der Waals surface area (Å²) in [6, 6.07) is 0. The topological polar surface area (TPSA) is 30.7 Å². The lowest BCUT2D eigenvalue weighted by molar-refractivity contribution is 0.935. The Balaban J connectivity index is 0.000000581. The second-order valence-corrected chi connectivity index (χ2v) is 3.24. The van der Waals surface area contributed by atoms with E-state index in [1.807, 2.05) is 41.5 Å². The molecule has 3 nitrogen and oxygen atoms in total. The van der Waals surface area contributed by atoms with Crippen molar-refractivity contribution in [1.82, 2.24) is 14.8 Å². The molecule has 1 aliphatic rings. The van der Waals surface area contributed by atoms with E-state index in [1.54, 1.807) is 0 Å². The van der Waals surface area contributed by atoms with E-state index >= 15 is 0 Å². The summed E-state index contributed by atoms with van der Waals surface area (Å²) in [5.41, 5.74) is 1.20. The molecule has 96 valence electrons. The van der Waals surface area contributed by atoms with Crippen LogP contribution in [0.3, 0.4) is 0 Å². The standard InChI is InChI=1S/C10H13N3.2C2H6/c1-8-11-12-9(2)13(8)10-6-4-3-5-7-10;2*1-2/h4,6-7H,3,5H2,1-2H3;2*1-2H3. The minimum absolute atomic E-state index is 0.954. The van der Waals surface area contributed by atoms with E-state index in [9.17, 15) is 0 Å². The molecule has 17 heavy (non-hydrogen) atoms.